The highest BCUT2D eigenvalue weighted by Gasteiger charge is 2.40. The van der Waals surface area contributed by atoms with Crippen molar-refractivity contribution in [2.24, 2.45) is 11.8 Å². The Morgan fingerprint density at radius 2 is 1.83 bits per heavy atom. The summed E-state index contributed by atoms with van der Waals surface area (Å²) >= 11 is 0. The second kappa shape index (κ2) is 9.26. The van der Waals surface area contributed by atoms with Crippen LogP contribution in [0.3, 0.4) is 0 Å². The average molecular weight is 401 g/mol. The molecule has 4 rings (SSSR count). The predicted octanol–water partition coefficient (Wildman–Crippen LogP) is 2.52. The first-order valence-electron chi connectivity index (χ1n) is 11.0. The third kappa shape index (κ3) is 5.37. The number of ether oxygens (including phenoxy) is 2. The van der Waals surface area contributed by atoms with Crippen LogP contribution in [0.25, 0.3) is 0 Å². The fourth-order valence-corrected chi connectivity index (χ4v) is 4.82. The number of nitrogens with one attached hydrogen (secondary N) is 1. The second-order valence-electron chi connectivity index (χ2n) is 8.70. The molecule has 3 fully saturated rings. The summed E-state index contributed by atoms with van der Waals surface area (Å²) in [6.45, 7) is 3.46. The number of carbonyl (C=O) groups is 2. The maximum Gasteiger partial charge on any atom is 0.223 e. The third-order valence-electron chi connectivity index (χ3n) is 6.55. The van der Waals surface area contributed by atoms with E-state index in [2.05, 4.69) is 17.4 Å². The molecule has 158 valence electrons. The Balaban J connectivity index is 1.14. The summed E-state index contributed by atoms with van der Waals surface area (Å²) in [6.07, 6.45) is 5.70. The van der Waals surface area contributed by atoms with Crippen LogP contribution in [0, 0.1) is 11.8 Å². The number of rotatable bonds is 7. The summed E-state index contributed by atoms with van der Waals surface area (Å²) in [5.41, 5.74) is 1.25. The van der Waals surface area contributed by atoms with Crippen molar-refractivity contribution < 1.29 is 19.1 Å². The van der Waals surface area contributed by atoms with Crippen LogP contribution >= 0.6 is 0 Å². The Morgan fingerprint density at radius 1 is 1.10 bits per heavy atom. The normalized spacial score (nSPS) is 24.3. The molecule has 1 aromatic rings. The van der Waals surface area contributed by atoms with Crippen molar-refractivity contribution in [3.05, 3.63) is 35.9 Å². The SMILES string of the molecule is O=C(CC1CCC2(CC1)OCCO2)NCC1CC(=O)N(CCc2ccccc2)C1. The van der Waals surface area contributed by atoms with Crippen LogP contribution in [0.5, 0.6) is 0 Å². The number of hydrogen-bond acceptors (Lipinski definition) is 4. The first kappa shape index (κ1) is 20.4. The number of carbonyl (C=O) groups excluding carboxylic acids is 2. The van der Waals surface area contributed by atoms with Crippen molar-refractivity contribution >= 4 is 11.8 Å². The monoisotopic (exact) mass is 400 g/mol. The maximum atomic E-state index is 12.4. The molecule has 0 aromatic heterocycles. The Labute approximate surface area is 172 Å². The zero-order chi connectivity index (χ0) is 20.1. The predicted molar refractivity (Wildman–Crippen MR) is 109 cm³/mol. The minimum absolute atomic E-state index is 0.106. The van der Waals surface area contributed by atoms with Gasteiger partial charge in [-0.1, -0.05) is 30.3 Å². The number of amides is 2. The quantitative estimate of drug-likeness (QED) is 0.764. The van der Waals surface area contributed by atoms with Crippen molar-refractivity contribution in [2.75, 3.05) is 32.8 Å². The van der Waals surface area contributed by atoms with Crippen LogP contribution in [-0.4, -0.2) is 55.3 Å². The summed E-state index contributed by atoms with van der Waals surface area (Å²) in [4.78, 5) is 26.6. The maximum absolute atomic E-state index is 12.4. The van der Waals surface area contributed by atoms with Crippen LogP contribution in [0.4, 0.5) is 0 Å². The van der Waals surface area contributed by atoms with E-state index < -0.39 is 0 Å². The average Bonchev–Trinajstić information content (AvgIpc) is 3.34. The molecule has 0 bridgehead atoms. The fourth-order valence-electron chi connectivity index (χ4n) is 4.82. The van der Waals surface area contributed by atoms with E-state index >= 15 is 0 Å². The standard InChI is InChI=1S/C23H32N2O4/c26-21(14-19-6-9-23(10-7-19)28-12-13-29-23)24-16-20-15-22(27)25(17-20)11-8-18-4-2-1-3-5-18/h1-5,19-20H,6-17H2,(H,24,26). The van der Waals surface area contributed by atoms with E-state index in [1.165, 1.54) is 5.56 Å². The van der Waals surface area contributed by atoms with Crippen LogP contribution < -0.4 is 5.32 Å². The minimum atomic E-state index is -0.361. The van der Waals surface area contributed by atoms with Gasteiger partial charge in [-0.3, -0.25) is 9.59 Å². The molecule has 2 amide bonds. The van der Waals surface area contributed by atoms with Crippen molar-refractivity contribution in [3.63, 3.8) is 0 Å². The van der Waals surface area contributed by atoms with Crippen molar-refractivity contribution in [1.29, 1.82) is 0 Å². The molecule has 3 aliphatic rings. The lowest BCUT2D eigenvalue weighted by Gasteiger charge is -2.35. The Hall–Kier alpha value is -1.92. The van der Waals surface area contributed by atoms with Gasteiger partial charge in [0.05, 0.1) is 13.2 Å². The molecule has 1 unspecified atom stereocenters. The first-order valence-corrected chi connectivity index (χ1v) is 11.0. The zero-order valence-corrected chi connectivity index (χ0v) is 17.1. The van der Waals surface area contributed by atoms with Crippen molar-refractivity contribution in [2.45, 2.75) is 50.7 Å². The summed E-state index contributed by atoms with van der Waals surface area (Å²) in [7, 11) is 0. The summed E-state index contributed by atoms with van der Waals surface area (Å²) in [5.74, 6) is 0.572. The van der Waals surface area contributed by atoms with Gasteiger partial charge in [0.25, 0.3) is 0 Å². The van der Waals surface area contributed by atoms with Gasteiger partial charge in [0.1, 0.15) is 0 Å². The molecule has 29 heavy (non-hydrogen) atoms. The molecular weight excluding hydrogens is 368 g/mol. The third-order valence-corrected chi connectivity index (χ3v) is 6.55. The number of nitrogens with zero attached hydrogens (tertiary/aromatic N) is 1. The van der Waals surface area contributed by atoms with E-state index in [-0.39, 0.29) is 23.5 Å². The van der Waals surface area contributed by atoms with Gasteiger partial charge in [-0.25, -0.2) is 0 Å². The lowest BCUT2D eigenvalue weighted by atomic mass is 9.83. The molecule has 0 radical (unpaired) electrons. The highest BCUT2D eigenvalue weighted by molar-refractivity contribution is 5.79. The van der Waals surface area contributed by atoms with Crippen LogP contribution in [0.2, 0.25) is 0 Å². The molecule has 1 spiro atoms. The molecule has 1 aliphatic carbocycles. The van der Waals surface area contributed by atoms with Gasteiger partial charge in [-0.15, -0.1) is 0 Å². The fraction of sp³-hybridized carbons (Fsp3) is 0.652. The zero-order valence-electron chi connectivity index (χ0n) is 17.1. The van der Waals surface area contributed by atoms with Crippen molar-refractivity contribution in [3.8, 4) is 0 Å². The molecule has 1 aromatic carbocycles. The summed E-state index contributed by atoms with van der Waals surface area (Å²) < 4.78 is 11.5. The topological polar surface area (TPSA) is 67.9 Å². The van der Waals surface area contributed by atoms with E-state index in [1.54, 1.807) is 0 Å². The number of benzene rings is 1. The van der Waals surface area contributed by atoms with Gasteiger partial charge in [0, 0.05) is 51.2 Å². The van der Waals surface area contributed by atoms with Gasteiger partial charge < -0.3 is 19.7 Å². The van der Waals surface area contributed by atoms with E-state index in [0.717, 1.165) is 45.2 Å². The lowest BCUT2D eigenvalue weighted by Crippen LogP contribution is -2.37. The first-order chi connectivity index (χ1) is 14.1. The molecular formula is C23H32N2O4. The van der Waals surface area contributed by atoms with E-state index in [4.69, 9.17) is 9.47 Å². The molecule has 1 N–H and O–H groups in total. The van der Waals surface area contributed by atoms with E-state index in [0.29, 0.717) is 38.5 Å². The van der Waals surface area contributed by atoms with Gasteiger partial charge in [0.2, 0.25) is 11.8 Å². The largest absolute Gasteiger partial charge is 0.356 e. The highest BCUT2D eigenvalue weighted by atomic mass is 16.7. The molecule has 1 saturated carbocycles. The minimum Gasteiger partial charge on any atom is -0.356 e. The molecule has 1 atom stereocenters. The van der Waals surface area contributed by atoms with Gasteiger partial charge in [0.15, 0.2) is 5.79 Å². The Kier molecular flexibility index (Phi) is 6.50. The molecule has 2 heterocycles. The van der Waals surface area contributed by atoms with E-state index in [1.807, 2.05) is 23.1 Å². The van der Waals surface area contributed by atoms with E-state index in [9.17, 15) is 9.59 Å². The number of likely N-dealkylation sites (tertiary alicyclic amines) is 1. The molecule has 2 saturated heterocycles. The van der Waals surface area contributed by atoms with Crippen LogP contribution in [-0.2, 0) is 25.5 Å². The van der Waals surface area contributed by atoms with Gasteiger partial charge in [-0.2, -0.15) is 0 Å². The van der Waals surface area contributed by atoms with Gasteiger partial charge >= 0.3 is 0 Å². The lowest BCUT2D eigenvalue weighted by molar-refractivity contribution is -0.183. The summed E-state index contributed by atoms with van der Waals surface area (Å²) in [6, 6.07) is 10.2. The summed E-state index contributed by atoms with van der Waals surface area (Å²) in [5, 5.41) is 3.07. The molecule has 6 heteroatoms. The molecule has 2 aliphatic heterocycles. The van der Waals surface area contributed by atoms with Crippen molar-refractivity contribution in [1.82, 2.24) is 10.2 Å². The Bertz CT molecular complexity index is 692. The second-order valence-corrected chi connectivity index (χ2v) is 8.70. The van der Waals surface area contributed by atoms with Gasteiger partial charge in [-0.05, 0) is 30.7 Å². The smallest absolute Gasteiger partial charge is 0.223 e. The van der Waals surface area contributed by atoms with Crippen LogP contribution in [0.1, 0.15) is 44.1 Å². The number of hydrogen-bond donors (Lipinski definition) is 1. The molecule has 6 nitrogen and oxygen atoms in total. The Morgan fingerprint density at radius 3 is 2.55 bits per heavy atom. The highest BCUT2D eigenvalue weighted by Crippen LogP contribution is 2.39. The van der Waals surface area contributed by atoms with Crippen LogP contribution in [0.15, 0.2) is 30.3 Å².